The van der Waals surface area contributed by atoms with E-state index in [9.17, 15) is 4.79 Å². The van der Waals surface area contributed by atoms with Crippen LogP contribution in [0, 0.1) is 0 Å². The van der Waals surface area contributed by atoms with Crippen molar-refractivity contribution >= 4 is 11.7 Å². The van der Waals surface area contributed by atoms with Crippen LogP contribution in [0.25, 0.3) is 0 Å². The average molecular weight is 265 g/mol. The van der Waals surface area contributed by atoms with Crippen molar-refractivity contribution in [3.05, 3.63) is 29.8 Å². The SMILES string of the molecule is CCOC(=O)/C(CCCc1cccc(OC)c1)=N/O. The number of aryl methyl sites for hydroxylation is 1. The maximum Gasteiger partial charge on any atom is 0.356 e. The number of rotatable bonds is 7. The lowest BCUT2D eigenvalue weighted by atomic mass is 10.1. The number of benzene rings is 1. The Morgan fingerprint density at radius 3 is 2.84 bits per heavy atom. The van der Waals surface area contributed by atoms with Gasteiger partial charge in [-0.2, -0.15) is 0 Å². The van der Waals surface area contributed by atoms with Gasteiger partial charge in [0.25, 0.3) is 0 Å². The highest BCUT2D eigenvalue weighted by Gasteiger charge is 2.12. The van der Waals surface area contributed by atoms with E-state index in [-0.39, 0.29) is 12.3 Å². The second-order valence-electron chi connectivity index (χ2n) is 3.97. The summed E-state index contributed by atoms with van der Waals surface area (Å²) in [5.74, 6) is 0.245. The molecule has 0 radical (unpaired) electrons. The molecule has 1 N–H and O–H groups in total. The zero-order valence-electron chi connectivity index (χ0n) is 11.3. The van der Waals surface area contributed by atoms with E-state index in [4.69, 9.17) is 14.7 Å². The van der Waals surface area contributed by atoms with E-state index < -0.39 is 5.97 Å². The maximum absolute atomic E-state index is 11.4. The summed E-state index contributed by atoms with van der Waals surface area (Å²) in [6, 6.07) is 7.73. The first kappa shape index (κ1) is 15.0. The van der Waals surface area contributed by atoms with Gasteiger partial charge in [-0.15, -0.1) is 0 Å². The topological polar surface area (TPSA) is 68.1 Å². The fourth-order valence-corrected chi connectivity index (χ4v) is 1.70. The molecule has 0 unspecified atom stereocenters. The number of methoxy groups -OCH3 is 1. The number of nitrogens with zero attached hydrogens (tertiary/aromatic N) is 1. The normalized spacial score (nSPS) is 11.2. The molecule has 1 aromatic carbocycles. The minimum Gasteiger partial charge on any atom is -0.497 e. The van der Waals surface area contributed by atoms with Crippen molar-refractivity contribution in [2.75, 3.05) is 13.7 Å². The van der Waals surface area contributed by atoms with Crippen LogP contribution in [0.1, 0.15) is 25.3 Å². The van der Waals surface area contributed by atoms with Crippen LogP contribution in [-0.4, -0.2) is 30.6 Å². The van der Waals surface area contributed by atoms with Crippen LogP contribution < -0.4 is 4.74 Å². The lowest BCUT2D eigenvalue weighted by Gasteiger charge is -2.05. The van der Waals surface area contributed by atoms with Gasteiger partial charge in [0.1, 0.15) is 5.75 Å². The summed E-state index contributed by atoms with van der Waals surface area (Å²) in [5.41, 5.74) is 1.17. The van der Waals surface area contributed by atoms with E-state index >= 15 is 0 Å². The van der Waals surface area contributed by atoms with Crippen LogP contribution in [0.5, 0.6) is 5.75 Å². The molecule has 1 rings (SSSR count). The number of carbonyl (C=O) groups is 1. The summed E-state index contributed by atoms with van der Waals surface area (Å²) in [5, 5.41) is 11.8. The van der Waals surface area contributed by atoms with E-state index in [0.717, 1.165) is 17.7 Å². The van der Waals surface area contributed by atoms with Crippen molar-refractivity contribution in [1.29, 1.82) is 0 Å². The number of carbonyl (C=O) groups excluding carboxylic acids is 1. The summed E-state index contributed by atoms with van der Waals surface area (Å²) in [4.78, 5) is 11.4. The molecule has 0 spiro atoms. The number of ether oxygens (including phenoxy) is 2. The number of esters is 1. The molecule has 1 aromatic rings. The zero-order chi connectivity index (χ0) is 14.1. The van der Waals surface area contributed by atoms with Gasteiger partial charge in [-0.25, -0.2) is 4.79 Å². The summed E-state index contributed by atoms with van der Waals surface area (Å²) in [7, 11) is 1.62. The highest BCUT2D eigenvalue weighted by atomic mass is 16.5. The van der Waals surface area contributed by atoms with Crippen LogP contribution in [0.4, 0.5) is 0 Å². The molecule has 0 heterocycles. The Balaban J connectivity index is 2.46. The maximum atomic E-state index is 11.4. The molecule has 19 heavy (non-hydrogen) atoms. The highest BCUT2D eigenvalue weighted by Crippen LogP contribution is 2.14. The molecule has 0 aliphatic heterocycles. The van der Waals surface area contributed by atoms with Gasteiger partial charge in [0.15, 0.2) is 5.71 Å². The smallest absolute Gasteiger partial charge is 0.356 e. The second-order valence-corrected chi connectivity index (χ2v) is 3.97. The predicted octanol–water partition coefficient (Wildman–Crippen LogP) is 2.41. The van der Waals surface area contributed by atoms with Gasteiger partial charge in [-0.1, -0.05) is 17.3 Å². The molecule has 0 fully saturated rings. The first-order chi connectivity index (χ1) is 9.21. The van der Waals surface area contributed by atoms with Gasteiger partial charge in [0.2, 0.25) is 0 Å². The van der Waals surface area contributed by atoms with Crippen molar-refractivity contribution in [1.82, 2.24) is 0 Å². The third kappa shape index (κ3) is 4.99. The van der Waals surface area contributed by atoms with Gasteiger partial charge in [0, 0.05) is 6.42 Å². The van der Waals surface area contributed by atoms with Gasteiger partial charge >= 0.3 is 5.97 Å². The molecule has 0 atom stereocenters. The fourth-order valence-electron chi connectivity index (χ4n) is 1.70. The molecule has 5 nitrogen and oxygen atoms in total. The van der Waals surface area contributed by atoms with Crippen molar-refractivity contribution in [3.63, 3.8) is 0 Å². The van der Waals surface area contributed by atoms with Crippen LogP contribution in [0.15, 0.2) is 29.4 Å². The van der Waals surface area contributed by atoms with E-state index in [1.807, 2.05) is 24.3 Å². The molecular weight excluding hydrogens is 246 g/mol. The lowest BCUT2D eigenvalue weighted by Crippen LogP contribution is -2.17. The molecular formula is C14H19NO4. The average Bonchev–Trinajstić information content (AvgIpc) is 2.44. The Hall–Kier alpha value is -2.04. The predicted molar refractivity (Wildman–Crippen MR) is 71.8 cm³/mol. The number of hydrogen-bond acceptors (Lipinski definition) is 5. The summed E-state index contributed by atoms with van der Waals surface area (Å²) >= 11 is 0. The van der Waals surface area contributed by atoms with E-state index in [0.29, 0.717) is 12.8 Å². The molecule has 104 valence electrons. The Bertz CT molecular complexity index is 443. The molecule has 0 saturated heterocycles. The molecule has 0 amide bonds. The zero-order valence-corrected chi connectivity index (χ0v) is 11.3. The third-order valence-corrected chi connectivity index (χ3v) is 2.64. The Labute approximate surface area is 112 Å². The quantitative estimate of drug-likeness (QED) is 0.356. The largest absolute Gasteiger partial charge is 0.497 e. The summed E-state index contributed by atoms with van der Waals surface area (Å²) in [6.45, 7) is 1.98. The van der Waals surface area contributed by atoms with Gasteiger partial charge in [-0.3, -0.25) is 0 Å². The van der Waals surface area contributed by atoms with E-state index in [1.54, 1.807) is 14.0 Å². The lowest BCUT2D eigenvalue weighted by molar-refractivity contribution is -0.135. The van der Waals surface area contributed by atoms with Crippen LogP contribution in [0.3, 0.4) is 0 Å². The highest BCUT2D eigenvalue weighted by molar-refractivity contribution is 6.36. The standard InChI is InChI=1S/C14H19NO4/c1-3-19-14(16)13(15-17)9-5-7-11-6-4-8-12(10-11)18-2/h4,6,8,10,17H,3,5,7,9H2,1-2H3/b15-13+. The molecule has 0 aliphatic rings. The van der Waals surface area contributed by atoms with Crippen molar-refractivity contribution < 1.29 is 19.5 Å². The third-order valence-electron chi connectivity index (χ3n) is 2.64. The summed E-state index contributed by atoms with van der Waals surface area (Å²) < 4.78 is 9.92. The second kappa shape index (κ2) is 8.13. The van der Waals surface area contributed by atoms with E-state index in [2.05, 4.69) is 5.16 Å². The Kier molecular flexibility index (Phi) is 6.43. The fraction of sp³-hybridized carbons (Fsp3) is 0.429. The molecule has 0 aromatic heterocycles. The van der Waals surface area contributed by atoms with Crippen LogP contribution >= 0.6 is 0 Å². The number of oxime groups is 1. The Morgan fingerprint density at radius 2 is 2.21 bits per heavy atom. The van der Waals surface area contributed by atoms with Crippen molar-refractivity contribution in [2.45, 2.75) is 26.2 Å². The van der Waals surface area contributed by atoms with Gasteiger partial charge in [0.05, 0.1) is 13.7 Å². The molecule has 0 saturated carbocycles. The number of hydrogen-bond donors (Lipinski definition) is 1. The molecule has 5 heteroatoms. The molecule has 0 aliphatic carbocycles. The summed E-state index contributed by atoms with van der Waals surface area (Å²) in [6.07, 6.45) is 1.85. The van der Waals surface area contributed by atoms with Crippen molar-refractivity contribution in [3.8, 4) is 5.75 Å². The first-order valence-electron chi connectivity index (χ1n) is 6.22. The Morgan fingerprint density at radius 1 is 1.42 bits per heavy atom. The monoisotopic (exact) mass is 265 g/mol. The minimum atomic E-state index is -0.560. The minimum absolute atomic E-state index is 0.0600. The van der Waals surface area contributed by atoms with Crippen LogP contribution in [-0.2, 0) is 16.0 Å². The first-order valence-corrected chi connectivity index (χ1v) is 6.22. The molecule has 0 bridgehead atoms. The van der Waals surface area contributed by atoms with Crippen molar-refractivity contribution in [2.24, 2.45) is 5.16 Å². The van der Waals surface area contributed by atoms with Gasteiger partial charge in [-0.05, 0) is 37.5 Å². The van der Waals surface area contributed by atoms with Crippen LogP contribution in [0.2, 0.25) is 0 Å². The van der Waals surface area contributed by atoms with E-state index in [1.165, 1.54) is 0 Å². The van der Waals surface area contributed by atoms with Gasteiger partial charge < -0.3 is 14.7 Å².